The van der Waals surface area contributed by atoms with Crippen molar-refractivity contribution in [1.29, 1.82) is 0 Å². The second kappa shape index (κ2) is 4.85. The van der Waals surface area contributed by atoms with Gasteiger partial charge in [-0.1, -0.05) is 17.7 Å². The van der Waals surface area contributed by atoms with E-state index in [0.717, 1.165) is 17.9 Å². The van der Waals surface area contributed by atoms with Crippen LogP contribution in [0, 0.1) is 0 Å². The molecule has 1 fully saturated rings. The highest BCUT2D eigenvalue weighted by molar-refractivity contribution is 6.31. The quantitative estimate of drug-likeness (QED) is 0.800. The van der Waals surface area contributed by atoms with E-state index in [0.29, 0.717) is 17.6 Å². The second-order valence-electron chi connectivity index (χ2n) is 4.01. The molecule has 16 heavy (non-hydrogen) atoms. The molecule has 0 aromatic carbocycles. The van der Waals surface area contributed by atoms with E-state index < -0.39 is 0 Å². The summed E-state index contributed by atoms with van der Waals surface area (Å²) in [6, 6.07) is 2.58. The first-order valence-corrected chi connectivity index (χ1v) is 5.86. The minimum atomic E-state index is 0.445. The van der Waals surface area contributed by atoms with Gasteiger partial charge in [0.15, 0.2) is 0 Å². The molecule has 0 atom stereocenters. The molecule has 1 heterocycles. The van der Waals surface area contributed by atoms with E-state index in [2.05, 4.69) is 16.5 Å². The Morgan fingerprint density at radius 2 is 2.38 bits per heavy atom. The molecule has 0 spiro atoms. The number of hydrogen-bond donors (Lipinski definition) is 1. The lowest BCUT2D eigenvalue weighted by atomic mass is 10.2. The third kappa shape index (κ3) is 2.36. The summed E-state index contributed by atoms with van der Waals surface area (Å²) in [5, 5.41) is 0.639. The van der Waals surface area contributed by atoms with Crippen LogP contribution in [0.4, 0.5) is 5.82 Å². The fraction of sp³-hybridized carbons (Fsp3) is 0.417. The van der Waals surface area contributed by atoms with Crippen LogP contribution >= 0.6 is 11.6 Å². The summed E-state index contributed by atoms with van der Waals surface area (Å²) in [6.45, 7) is 5.04. The molecule has 0 radical (unpaired) electrons. The largest absolute Gasteiger partial charge is 0.350 e. The van der Waals surface area contributed by atoms with Gasteiger partial charge in [0.05, 0.1) is 5.02 Å². The first-order valence-electron chi connectivity index (χ1n) is 5.48. The first kappa shape index (κ1) is 11.4. The minimum Gasteiger partial charge on any atom is -0.350 e. The highest BCUT2D eigenvalue weighted by Crippen LogP contribution is 2.31. The van der Waals surface area contributed by atoms with Gasteiger partial charge in [-0.25, -0.2) is 4.98 Å². The van der Waals surface area contributed by atoms with Gasteiger partial charge in [-0.05, 0) is 24.5 Å². The van der Waals surface area contributed by atoms with Crippen molar-refractivity contribution in [3.8, 4) is 0 Å². The average Bonchev–Trinajstić information content (AvgIpc) is 3.11. The molecule has 4 heteroatoms. The third-order valence-electron chi connectivity index (χ3n) is 2.75. The number of hydrogen-bond acceptors (Lipinski definition) is 3. The molecular weight excluding hydrogens is 222 g/mol. The summed E-state index contributed by atoms with van der Waals surface area (Å²) in [4.78, 5) is 6.61. The summed E-state index contributed by atoms with van der Waals surface area (Å²) < 4.78 is 0. The lowest BCUT2D eigenvalue weighted by molar-refractivity contribution is 0.838. The Balaban J connectivity index is 2.26. The third-order valence-corrected chi connectivity index (χ3v) is 3.09. The Hall–Kier alpha value is -1.06. The van der Waals surface area contributed by atoms with Crippen molar-refractivity contribution < 1.29 is 0 Å². The smallest absolute Gasteiger partial charge is 0.129 e. The van der Waals surface area contributed by atoms with E-state index in [4.69, 9.17) is 17.3 Å². The highest BCUT2D eigenvalue weighted by Gasteiger charge is 2.29. The maximum absolute atomic E-state index is 5.99. The van der Waals surface area contributed by atoms with Crippen LogP contribution in [-0.4, -0.2) is 17.6 Å². The molecule has 0 aliphatic heterocycles. The molecule has 0 bridgehead atoms. The molecule has 3 nitrogen and oxygen atoms in total. The average molecular weight is 238 g/mol. The van der Waals surface area contributed by atoms with E-state index >= 15 is 0 Å². The molecule has 1 saturated carbocycles. The summed E-state index contributed by atoms with van der Waals surface area (Å²) in [5.74, 6) is 0.951. The lowest BCUT2D eigenvalue weighted by Crippen LogP contribution is -2.26. The summed E-state index contributed by atoms with van der Waals surface area (Å²) in [6.07, 6.45) is 6.04. The maximum atomic E-state index is 5.99. The summed E-state index contributed by atoms with van der Waals surface area (Å²) in [7, 11) is 0. The molecule has 2 N–H and O–H groups in total. The Morgan fingerprint density at radius 3 is 2.94 bits per heavy atom. The Kier molecular flexibility index (Phi) is 3.46. The maximum Gasteiger partial charge on any atom is 0.129 e. The van der Waals surface area contributed by atoms with Gasteiger partial charge in [-0.2, -0.15) is 0 Å². The van der Waals surface area contributed by atoms with Gasteiger partial charge in [0.25, 0.3) is 0 Å². The topological polar surface area (TPSA) is 42.1 Å². The van der Waals surface area contributed by atoms with Crippen LogP contribution in [0.15, 0.2) is 24.9 Å². The Bertz CT molecular complexity index is 388. The standard InChI is InChI=1S/C12H16ClN3/c1-2-5-16(10-3-4-10)12-6-9(7-14)11(13)8-15-12/h2,6,8,10H,1,3-5,7,14H2. The van der Waals surface area contributed by atoms with E-state index in [1.165, 1.54) is 12.8 Å². The number of nitrogens with zero attached hydrogens (tertiary/aromatic N) is 2. The van der Waals surface area contributed by atoms with Crippen LogP contribution < -0.4 is 10.6 Å². The van der Waals surface area contributed by atoms with Crippen LogP contribution in [0.5, 0.6) is 0 Å². The van der Waals surface area contributed by atoms with Crippen LogP contribution in [-0.2, 0) is 6.54 Å². The fourth-order valence-corrected chi connectivity index (χ4v) is 1.92. The van der Waals surface area contributed by atoms with Crippen molar-refractivity contribution in [2.45, 2.75) is 25.4 Å². The van der Waals surface area contributed by atoms with E-state index in [1.54, 1.807) is 6.20 Å². The van der Waals surface area contributed by atoms with Gasteiger partial charge < -0.3 is 10.6 Å². The molecule has 2 rings (SSSR count). The van der Waals surface area contributed by atoms with E-state index in [1.807, 2.05) is 12.1 Å². The number of aromatic nitrogens is 1. The Morgan fingerprint density at radius 1 is 1.62 bits per heavy atom. The number of halogens is 1. The van der Waals surface area contributed by atoms with Crippen molar-refractivity contribution in [1.82, 2.24) is 4.98 Å². The first-order chi connectivity index (χ1) is 7.76. The second-order valence-corrected chi connectivity index (χ2v) is 4.42. The van der Waals surface area contributed by atoms with Gasteiger partial charge in [-0.15, -0.1) is 6.58 Å². The fourth-order valence-electron chi connectivity index (χ4n) is 1.74. The molecule has 86 valence electrons. The SMILES string of the molecule is C=CCN(c1cc(CN)c(Cl)cn1)C1CC1. The van der Waals surface area contributed by atoms with Gasteiger partial charge in [0, 0.05) is 25.3 Å². The zero-order valence-electron chi connectivity index (χ0n) is 9.19. The van der Waals surface area contributed by atoms with Crippen LogP contribution in [0.2, 0.25) is 5.02 Å². The van der Waals surface area contributed by atoms with Crippen molar-refractivity contribution in [2.24, 2.45) is 5.73 Å². The van der Waals surface area contributed by atoms with E-state index in [9.17, 15) is 0 Å². The van der Waals surface area contributed by atoms with Gasteiger partial charge in [0.1, 0.15) is 5.82 Å². The number of pyridine rings is 1. The molecule has 1 aliphatic carbocycles. The molecule has 0 saturated heterocycles. The highest BCUT2D eigenvalue weighted by atomic mass is 35.5. The lowest BCUT2D eigenvalue weighted by Gasteiger charge is -2.22. The van der Waals surface area contributed by atoms with E-state index in [-0.39, 0.29) is 0 Å². The molecule has 1 aliphatic rings. The predicted molar refractivity (Wildman–Crippen MR) is 67.7 cm³/mol. The molecule has 1 aromatic heterocycles. The van der Waals surface area contributed by atoms with Crippen LogP contribution in [0.3, 0.4) is 0 Å². The molecular formula is C12H16ClN3. The van der Waals surface area contributed by atoms with Crippen LogP contribution in [0.1, 0.15) is 18.4 Å². The summed E-state index contributed by atoms with van der Waals surface area (Å²) in [5.41, 5.74) is 6.58. The normalized spacial score (nSPS) is 14.9. The molecule has 0 unspecified atom stereocenters. The van der Waals surface area contributed by atoms with Crippen LogP contribution in [0.25, 0.3) is 0 Å². The number of anilines is 1. The molecule has 0 amide bonds. The predicted octanol–water partition coefficient (Wildman–Crippen LogP) is 2.35. The summed E-state index contributed by atoms with van der Waals surface area (Å²) >= 11 is 5.99. The van der Waals surface area contributed by atoms with Crippen molar-refractivity contribution in [2.75, 3.05) is 11.4 Å². The minimum absolute atomic E-state index is 0.445. The zero-order chi connectivity index (χ0) is 11.5. The van der Waals surface area contributed by atoms with Crippen molar-refractivity contribution in [3.63, 3.8) is 0 Å². The monoisotopic (exact) mass is 237 g/mol. The van der Waals surface area contributed by atoms with Gasteiger partial charge in [-0.3, -0.25) is 0 Å². The van der Waals surface area contributed by atoms with Crippen molar-refractivity contribution in [3.05, 3.63) is 35.5 Å². The van der Waals surface area contributed by atoms with Gasteiger partial charge >= 0.3 is 0 Å². The molecule has 1 aromatic rings. The zero-order valence-corrected chi connectivity index (χ0v) is 9.95. The number of rotatable bonds is 5. The van der Waals surface area contributed by atoms with Crippen molar-refractivity contribution >= 4 is 17.4 Å². The number of nitrogens with two attached hydrogens (primary N) is 1. The Labute approximate surface area is 101 Å². The van der Waals surface area contributed by atoms with Gasteiger partial charge in [0.2, 0.25) is 0 Å².